The number of aromatic nitrogens is 2. The van der Waals surface area contributed by atoms with Gasteiger partial charge in [-0.3, -0.25) is 0 Å². The lowest BCUT2D eigenvalue weighted by molar-refractivity contribution is -0.642. The highest BCUT2D eigenvalue weighted by atomic mass is 16.3. The van der Waals surface area contributed by atoms with Gasteiger partial charge in [0.15, 0.2) is 6.20 Å². The van der Waals surface area contributed by atoms with Crippen molar-refractivity contribution in [2.75, 3.05) is 0 Å². The number of benzene rings is 2. The van der Waals surface area contributed by atoms with Crippen LogP contribution in [0.4, 0.5) is 0 Å². The fourth-order valence-corrected chi connectivity index (χ4v) is 4.78. The number of pyridine rings is 1. The lowest BCUT2D eigenvalue weighted by Crippen LogP contribution is -2.25. The molecule has 0 saturated carbocycles. The molecule has 0 bridgehead atoms. The van der Waals surface area contributed by atoms with Crippen molar-refractivity contribution in [3.05, 3.63) is 53.9 Å². The van der Waals surface area contributed by atoms with Gasteiger partial charge in [-0.15, -0.1) is 0 Å². The topological polar surface area (TPSA) is 21.9 Å². The molecule has 2 aromatic carbocycles. The molecule has 5 aromatic rings. The molecule has 0 amide bonds. The summed E-state index contributed by atoms with van der Waals surface area (Å²) in [5, 5.41) is 4.90. The SMILES string of the molecule is Cc1c2c(cc3cc[n+](C)c13)oc1cc(CC(C)(C)C)cc3ccn(C)c2c31. The maximum absolute atomic E-state index is 6.54. The monoisotopic (exact) mass is 371 g/mol. The number of rotatable bonds is 1. The zero-order chi connectivity index (χ0) is 19.8. The van der Waals surface area contributed by atoms with Gasteiger partial charge in [-0.25, -0.2) is 4.57 Å². The molecule has 3 heteroatoms. The fraction of sp³-hybridized carbons (Fsp3) is 0.320. The second-order valence-electron chi connectivity index (χ2n) is 9.41. The van der Waals surface area contributed by atoms with Crippen LogP contribution in [0.3, 0.4) is 0 Å². The summed E-state index contributed by atoms with van der Waals surface area (Å²) in [5.74, 6) is 0. The van der Waals surface area contributed by atoms with Crippen LogP contribution in [0.1, 0.15) is 31.9 Å². The average molecular weight is 372 g/mol. The Labute approximate surface area is 165 Å². The second kappa shape index (κ2) is 5.60. The third kappa shape index (κ3) is 2.46. The lowest BCUT2D eigenvalue weighted by Gasteiger charge is -2.20. The largest absolute Gasteiger partial charge is 0.456 e. The number of fused-ring (bicyclic) bond motifs is 3. The van der Waals surface area contributed by atoms with Crippen molar-refractivity contribution in [2.24, 2.45) is 19.5 Å². The first-order valence-electron chi connectivity index (χ1n) is 9.95. The number of hydrogen-bond acceptors (Lipinski definition) is 1. The van der Waals surface area contributed by atoms with Crippen molar-refractivity contribution in [1.82, 2.24) is 4.57 Å². The predicted molar refractivity (Wildman–Crippen MR) is 117 cm³/mol. The zero-order valence-corrected chi connectivity index (χ0v) is 17.6. The molecular formula is C25H27N2O+. The van der Waals surface area contributed by atoms with Crippen LogP contribution in [0.25, 0.3) is 43.7 Å². The van der Waals surface area contributed by atoms with Gasteiger partial charge in [0.05, 0.1) is 16.3 Å². The van der Waals surface area contributed by atoms with Gasteiger partial charge in [-0.2, -0.15) is 0 Å². The highest BCUT2D eigenvalue weighted by Crippen LogP contribution is 2.38. The molecule has 142 valence electrons. The average Bonchev–Trinajstić information content (AvgIpc) is 2.96. The van der Waals surface area contributed by atoms with E-state index in [-0.39, 0.29) is 5.41 Å². The molecule has 0 aliphatic rings. The lowest BCUT2D eigenvalue weighted by atomic mass is 9.87. The third-order valence-electron chi connectivity index (χ3n) is 5.82. The predicted octanol–water partition coefficient (Wildman–Crippen LogP) is 5.95. The molecule has 28 heavy (non-hydrogen) atoms. The van der Waals surface area contributed by atoms with E-state index < -0.39 is 0 Å². The number of hydrogen-bond donors (Lipinski definition) is 0. The van der Waals surface area contributed by atoms with Crippen molar-refractivity contribution < 1.29 is 8.98 Å². The number of nitrogens with zero attached hydrogens (tertiary/aromatic N) is 2. The summed E-state index contributed by atoms with van der Waals surface area (Å²) in [5.41, 5.74) is 7.29. The van der Waals surface area contributed by atoms with Crippen molar-refractivity contribution in [1.29, 1.82) is 0 Å². The molecule has 0 fully saturated rings. The Morgan fingerprint density at radius 2 is 1.75 bits per heavy atom. The Morgan fingerprint density at radius 3 is 2.50 bits per heavy atom. The first-order chi connectivity index (χ1) is 13.2. The van der Waals surface area contributed by atoms with E-state index in [1.54, 1.807) is 0 Å². The van der Waals surface area contributed by atoms with Gasteiger partial charge in [0, 0.05) is 30.3 Å². The fourth-order valence-electron chi connectivity index (χ4n) is 4.78. The summed E-state index contributed by atoms with van der Waals surface area (Å²) in [6.45, 7) is 9.06. The minimum absolute atomic E-state index is 0.238. The van der Waals surface area contributed by atoms with Crippen molar-refractivity contribution in [2.45, 2.75) is 34.1 Å². The zero-order valence-electron chi connectivity index (χ0n) is 17.6. The van der Waals surface area contributed by atoms with Crippen LogP contribution < -0.4 is 4.57 Å². The van der Waals surface area contributed by atoms with Gasteiger partial charge in [-0.05, 0) is 47.9 Å². The summed E-state index contributed by atoms with van der Waals surface area (Å²) >= 11 is 0. The van der Waals surface area contributed by atoms with Crippen molar-refractivity contribution in [3.8, 4) is 0 Å². The van der Waals surface area contributed by atoms with E-state index in [4.69, 9.17) is 4.42 Å². The first kappa shape index (κ1) is 17.3. The van der Waals surface area contributed by atoms with Crippen molar-refractivity contribution in [3.63, 3.8) is 0 Å². The smallest absolute Gasteiger partial charge is 0.216 e. The summed E-state index contributed by atoms with van der Waals surface area (Å²) in [6.07, 6.45) is 5.32. The van der Waals surface area contributed by atoms with Gasteiger partial charge in [0.2, 0.25) is 5.52 Å². The van der Waals surface area contributed by atoms with Crippen molar-refractivity contribution >= 4 is 43.7 Å². The molecule has 0 N–H and O–H groups in total. The van der Waals surface area contributed by atoms with Gasteiger partial charge in [-0.1, -0.05) is 26.8 Å². The van der Waals surface area contributed by atoms with Crippen LogP contribution in [-0.2, 0) is 20.5 Å². The second-order valence-corrected chi connectivity index (χ2v) is 9.41. The molecule has 0 radical (unpaired) electrons. The van der Waals surface area contributed by atoms with Crippen LogP contribution in [0.5, 0.6) is 0 Å². The molecule has 0 spiro atoms. The Balaban J connectivity index is 1.98. The molecule has 0 aliphatic carbocycles. The van der Waals surface area contributed by atoms with Crippen LogP contribution in [0.15, 0.2) is 47.1 Å². The molecule has 0 atom stereocenters. The quantitative estimate of drug-likeness (QED) is 0.203. The Kier molecular flexibility index (Phi) is 3.46. The summed E-state index contributed by atoms with van der Waals surface area (Å²) in [6, 6.07) is 11.1. The van der Waals surface area contributed by atoms with Crippen LogP contribution >= 0.6 is 0 Å². The molecule has 0 aliphatic heterocycles. The van der Waals surface area contributed by atoms with Gasteiger partial charge < -0.3 is 8.98 Å². The summed E-state index contributed by atoms with van der Waals surface area (Å²) < 4.78 is 11.0. The van der Waals surface area contributed by atoms with E-state index >= 15 is 0 Å². The standard InChI is InChI=1S/C25H27N2O/c1-15-21-20(13-18-8-10-26(5)23(15)18)28-19-12-16(14-25(2,3)4)11-17-7-9-27(6)24(21)22(17)19/h7-13H,14H2,1-6H3/q+1. The molecule has 0 saturated heterocycles. The normalized spacial score (nSPS) is 12.8. The van der Waals surface area contributed by atoms with E-state index in [0.717, 1.165) is 17.6 Å². The third-order valence-corrected chi connectivity index (χ3v) is 5.82. The Bertz CT molecular complexity index is 1390. The van der Waals surface area contributed by atoms with Crippen LogP contribution in [0, 0.1) is 12.3 Å². The van der Waals surface area contributed by atoms with E-state index in [1.807, 2.05) is 0 Å². The van der Waals surface area contributed by atoms with Crippen LogP contribution in [-0.4, -0.2) is 4.57 Å². The molecule has 3 aromatic heterocycles. The van der Waals surface area contributed by atoms with E-state index in [2.05, 4.69) is 93.7 Å². The minimum Gasteiger partial charge on any atom is -0.456 e. The highest BCUT2D eigenvalue weighted by Gasteiger charge is 2.21. The number of aryl methyl sites for hydroxylation is 3. The molecule has 0 unspecified atom stereocenters. The summed E-state index contributed by atoms with van der Waals surface area (Å²) in [4.78, 5) is 0. The van der Waals surface area contributed by atoms with Gasteiger partial charge in [0.25, 0.3) is 0 Å². The van der Waals surface area contributed by atoms with Crippen LogP contribution in [0.2, 0.25) is 0 Å². The Hall–Kier alpha value is -2.81. The summed E-state index contributed by atoms with van der Waals surface area (Å²) in [7, 11) is 4.24. The first-order valence-corrected chi connectivity index (χ1v) is 9.95. The van der Waals surface area contributed by atoms with E-state index in [0.29, 0.717) is 0 Å². The molecule has 5 rings (SSSR count). The Morgan fingerprint density at radius 1 is 1.00 bits per heavy atom. The highest BCUT2D eigenvalue weighted by molar-refractivity contribution is 6.18. The van der Waals surface area contributed by atoms with E-state index in [1.165, 1.54) is 43.7 Å². The minimum atomic E-state index is 0.238. The van der Waals surface area contributed by atoms with Gasteiger partial charge in [0.1, 0.15) is 18.2 Å². The maximum Gasteiger partial charge on any atom is 0.216 e. The van der Waals surface area contributed by atoms with E-state index in [9.17, 15) is 0 Å². The molecular weight excluding hydrogens is 344 g/mol. The molecule has 3 nitrogen and oxygen atoms in total. The maximum atomic E-state index is 6.54. The molecule has 3 heterocycles. The van der Waals surface area contributed by atoms with Gasteiger partial charge >= 0.3 is 0 Å².